The molecule has 3 N–H and O–H groups in total. The normalized spacial score (nSPS) is 27.4. The summed E-state index contributed by atoms with van der Waals surface area (Å²) in [5, 5.41) is 16.2. The minimum atomic E-state index is -0.372. The molecule has 0 spiro atoms. The van der Waals surface area contributed by atoms with Crippen LogP contribution in [0.1, 0.15) is 12.8 Å². The fourth-order valence-electron chi connectivity index (χ4n) is 3.03. The van der Waals surface area contributed by atoms with Gasteiger partial charge in [-0.3, -0.25) is 14.6 Å². The fraction of sp³-hybridized carbons (Fsp3) is 0.923. The zero-order valence-electron chi connectivity index (χ0n) is 11.8. The number of carbonyl (C=O) groups is 1. The lowest BCUT2D eigenvalue weighted by atomic mass is 10.2. The molecule has 2 atom stereocenters. The van der Waals surface area contributed by atoms with Crippen molar-refractivity contribution in [2.75, 3.05) is 52.9 Å². The van der Waals surface area contributed by atoms with Gasteiger partial charge in [-0.2, -0.15) is 0 Å². The van der Waals surface area contributed by atoms with Gasteiger partial charge in [0.25, 0.3) is 0 Å². The van der Waals surface area contributed by atoms with Gasteiger partial charge in [0.2, 0.25) is 5.91 Å². The Bertz CT molecular complexity index is 294. The standard InChI is InChI=1S/C13H26N4O2/c1-14-13(19)12-3-2-6-17(12)10-11(18)9-16-7-4-15-5-8-16/h11-12,15,18H,2-10H2,1H3,(H,14,19). The third kappa shape index (κ3) is 4.14. The lowest BCUT2D eigenvalue weighted by Gasteiger charge is -2.31. The summed E-state index contributed by atoms with van der Waals surface area (Å²) in [4.78, 5) is 16.1. The molecule has 0 aromatic heterocycles. The van der Waals surface area contributed by atoms with Crippen LogP contribution in [0.3, 0.4) is 0 Å². The highest BCUT2D eigenvalue weighted by Gasteiger charge is 2.31. The van der Waals surface area contributed by atoms with Crippen LogP contribution >= 0.6 is 0 Å². The van der Waals surface area contributed by atoms with E-state index in [9.17, 15) is 9.90 Å². The number of nitrogens with one attached hydrogen (secondary N) is 2. The van der Waals surface area contributed by atoms with Gasteiger partial charge in [-0.15, -0.1) is 0 Å². The number of rotatable bonds is 5. The summed E-state index contributed by atoms with van der Waals surface area (Å²) in [5.74, 6) is 0.0758. The molecule has 1 amide bonds. The molecule has 0 aliphatic carbocycles. The summed E-state index contributed by atoms with van der Waals surface area (Å²) in [7, 11) is 1.68. The van der Waals surface area contributed by atoms with E-state index in [4.69, 9.17) is 0 Å². The average molecular weight is 270 g/mol. The molecule has 2 aliphatic rings. The van der Waals surface area contributed by atoms with E-state index in [0.29, 0.717) is 13.1 Å². The first-order valence-electron chi connectivity index (χ1n) is 7.27. The van der Waals surface area contributed by atoms with Gasteiger partial charge in [0.05, 0.1) is 12.1 Å². The summed E-state index contributed by atoms with van der Waals surface area (Å²) in [5.41, 5.74) is 0. The summed E-state index contributed by atoms with van der Waals surface area (Å²) in [6.07, 6.45) is 1.57. The van der Waals surface area contributed by atoms with Gasteiger partial charge in [0, 0.05) is 46.3 Å². The highest BCUT2D eigenvalue weighted by molar-refractivity contribution is 5.81. The van der Waals surface area contributed by atoms with Crippen LogP contribution in [0.5, 0.6) is 0 Å². The maximum absolute atomic E-state index is 11.7. The van der Waals surface area contributed by atoms with Crippen LogP contribution in [0.25, 0.3) is 0 Å². The largest absolute Gasteiger partial charge is 0.390 e. The number of carbonyl (C=O) groups excluding carboxylic acids is 1. The molecule has 2 aliphatic heterocycles. The first-order chi connectivity index (χ1) is 9.20. The van der Waals surface area contributed by atoms with Gasteiger partial charge in [-0.05, 0) is 19.4 Å². The Balaban J connectivity index is 1.77. The number of likely N-dealkylation sites (N-methyl/N-ethyl adjacent to an activating group) is 1. The third-order valence-electron chi connectivity index (χ3n) is 4.04. The predicted molar refractivity (Wildman–Crippen MR) is 74.0 cm³/mol. The Hall–Kier alpha value is -0.690. The molecule has 6 nitrogen and oxygen atoms in total. The smallest absolute Gasteiger partial charge is 0.237 e. The van der Waals surface area contributed by atoms with Crippen molar-refractivity contribution in [3.05, 3.63) is 0 Å². The van der Waals surface area contributed by atoms with E-state index in [1.54, 1.807) is 7.05 Å². The number of amides is 1. The van der Waals surface area contributed by atoms with Crippen molar-refractivity contribution in [2.24, 2.45) is 0 Å². The third-order valence-corrected chi connectivity index (χ3v) is 4.04. The van der Waals surface area contributed by atoms with Crippen LogP contribution in [-0.4, -0.2) is 85.8 Å². The second-order valence-corrected chi connectivity index (χ2v) is 5.47. The molecular weight excluding hydrogens is 244 g/mol. The number of likely N-dealkylation sites (tertiary alicyclic amines) is 1. The molecule has 19 heavy (non-hydrogen) atoms. The lowest BCUT2D eigenvalue weighted by Crippen LogP contribution is -2.50. The first-order valence-corrected chi connectivity index (χ1v) is 7.27. The number of aliphatic hydroxyl groups is 1. The van der Waals surface area contributed by atoms with Crippen LogP contribution in [-0.2, 0) is 4.79 Å². The second-order valence-electron chi connectivity index (χ2n) is 5.47. The van der Waals surface area contributed by atoms with Crippen molar-refractivity contribution in [1.82, 2.24) is 20.4 Å². The van der Waals surface area contributed by atoms with Crippen LogP contribution < -0.4 is 10.6 Å². The molecule has 2 unspecified atom stereocenters. The molecule has 2 fully saturated rings. The highest BCUT2D eigenvalue weighted by atomic mass is 16.3. The maximum atomic E-state index is 11.7. The minimum Gasteiger partial charge on any atom is -0.390 e. The summed E-state index contributed by atoms with van der Waals surface area (Å²) < 4.78 is 0. The second kappa shape index (κ2) is 7.19. The number of β-amino-alcohol motifs (C(OH)–C–C–N with tert-alkyl or cyclic N) is 1. The fourth-order valence-corrected chi connectivity index (χ4v) is 3.03. The molecular formula is C13H26N4O2. The molecule has 2 saturated heterocycles. The van der Waals surface area contributed by atoms with Gasteiger partial charge in [0.1, 0.15) is 0 Å². The van der Waals surface area contributed by atoms with Gasteiger partial charge in [-0.1, -0.05) is 0 Å². The van der Waals surface area contributed by atoms with E-state index in [1.165, 1.54) is 0 Å². The summed E-state index contributed by atoms with van der Waals surface area (Å²) in [6, 6.07) is -0.0531. The van der Waals surface area contributed by atoms with Crippen LogP contribution in [0.4, 0.5) is 0 Å². The Morgan fingerprint density at radius 1 is 1.37 bits per heavy atom. The molecule has 0 radical (unpaired) electrons. The van der Waals surface area contributed by atoms with Gasteiger partial charge in [-0.25, -0.2) is 0 Å². The SMILES string of the molecule is CNC(=O)C1CCCN1CC(O)CN1CCNCC1. The number of hydrogen-bond donors (Lipinski definition) is 3. The predicted octanol–water partition coefficient (Wildman–Crippen LogP) is -1.54. The Labute approximate surface area is 115 Å². The Kier molecular flexibility index (Phi) is 5.57. The molecule has 2 rings (SSSR count). The number of nitrogens with zero attached hydrogens (tertiary/aromatic N) is 2. The maximum Gasteiger partial charge on any atom is 0.237 e. The van der Waals surface area contributed by atoms with E-state index in [0.717, 1.165) is 45.6 Å². The van der Waals surface area contributed by atoms with Crippen molar-refractivity contribution in [3.63, 3.8) is 0 Å². The number of hydrogen-bond acceptors (Lipinski definition) is 5. The van der Waals surface area contributed by atoms with E-state index >= 15 is 0 Å². The van der Waals surface area contributed by atoms with E-state index in [2.05, 4.69) is 20.4 Å². The quantitative estimate of drug-likeness (QED) is 0.565. The van der Waals surface area contributed by atoms with Crippen molar-refractivity contribution in [1.29, 1.82) is 0 Å². The van der Waals surface area contributed by atoms with Gasteiger partial charge in [0.15, 0.2) is 0 Å². The van der Waals surface area contributed by atoms with Crippen LogP contribution in [0.15, 0.2) is 0 Å². The molecule has 0 bridgehead atoms. The minimum absolute atomic E-state index is 0.0531. The highest BCUT2D eigenvalue weighted by Crippen LogP contribution is 2.17. The zero-order valence-corrected chi connectivity index (χ0v) is 11.8. The van der Waals surface area contributed by atoms with Crippen molar-refractivity contribution in [3.8, 4) is 0 Å². The molecule has 110 valence electrons. The Morgan fingerprint density at radius 2 is 2.11 bits per heavy atom. The monoisotopic (exact) mass is 270 g/mol. The van der Waals surface area contributed by atoms with Crippen molar-refractivity contribution in [2.45, 2.75) is 25.0 Å². The van der Waals surface area contributed by atoms with Gasteiger partial charge >= 0.3 is 0 Å². The molecule has 0 saturated carbocycles. The summed E-state index contributed by atoms with van der Waals surface area (Å²) in [6.45, 7) is 6.21. The number of piperazine rings is 1. The van der Waals surface area contributed by atoms with Crippen molar-refractivity contribution < 1.29 is 9.90 Å². The van der Waals surface area contributed by atoms with Gasteiger partial charge < -0.3 is 15.7 Å². The number of aliphatic hydroxyl groups excluding tert-OH is 1. The molecule has 6 heteroatoms. The van der Waals surface area contributed by atoms with Crippen molar-refractivity contribution >= 4 is 5.91 Å². The summed E-state index contributed by atoms with van der Waals surface area (Å²) >= 11 is 0. The Morgan fingerprint density at radius 3 is 2.79 bits per heavy atom. The topological polar surface area (TPSA) is 67.8 Å². The van der Waals surface area contributed by atoms with E-state index in [1.807, 2.05) is 0 Å². The van der Waals surface area contributed by atoms with Crippen LogP contribution in [0.2, 0.25) is 0 Å². The zero-order chi connectivity index (χ0) is 13.7. The van der Waals surface area contributed by atoms with E-state index < -0.39 is 0 Å². The molecule has 0 aromatic rings. The molecule has 0 aromatic carbocycles. The molecule has 2 heterocycles. The van der Waals surface area contributed by atoms with Crippen LogP contribution in [0, 0.1) is 0 Å². The van der Waals surface area contributed by atoms with E-state index in [-0.39, 0.29) is 18.1 Å². The first kappa shape index (κ1) is 14.7. The average Bonchev–Trinajstić information content (AvgIpc) is 2.87. The lowest BCUT2D eigenvalue weighted by molar-refractivity contribution is -0.125.